The summed E-state index contributed by atoms with van der Waals surface area (Å²) in [5.41, 5.74) is 3.26. The van der Waals surface area contributed by atoms with Gasteiger partial charge in [-0.25, -0.2) is 0 Å². The normalized spacial score (nSPS) is 14.8. The van der Waals surface area contributed by atoms with Crippen molar-refractivity contribution >= 4 is 45.9 Å². The molecule has 0 atom stereocenters. The average Bonchev–Trinajstić information content (AvgIpc) is 3.10. The van der Waals surface area contributed by atoms with Crippen LogP contribution in [0.15, 0.2) is 48.5 Å². The Hall–Kier alpha value is -2.83. The number of aromatic amines is 1. The first-order valence-corrected chi connectivity index (χ1v) is 9.13. The summed E-state index contributed by atoms with van der Waals surface area (Å²) in [7, 11) is 0. The van der Waals surface area contributed by atoms with Crippen molar-refractivity contribution in [1.29, 1.82) is 0 Å². The highest BCUT2D eigenvalue weighted by Crippen LogP contribution is 2.29. The van der Waals surface area contributed by atoms with Gasteiger partial charge in [0.1, 0.15) is 0 Å². The number of hydrogen-bond donors (Lipinski definition) is 2. The van der Waals surface area contributed by atoms with Crippen LogP contribution in [0.25, 0.3) is 17.0 Å². The molecule has 1 fully saturated rings. The Balaban J connectivity index is 1.44. The zero-order chi connectivity index (χ0) is 18.6. The molecule has 1 aliphatic rings. The number of rotatable bonds is 4. The first-order chi connectivity index (χ1) is 13.2. The molecule has 2 N–H and O–H groups in total. The number of hydrogen-bond acceptors (Lipinski definition) is 4. The van der Waals surface area contributed by atoms with E-state index in [1.54, 1.807) is 12.1 Å². The maximum atomic E-state index is 12.2. The van der Waals surface area contributed by atoms with E-state index >= 15 is 0 Å². The maximum Gasteiger partial charge on any atom is 0.248 e. The molecule has 3 aromatic rings. The van der Waals surface area contributed by atoms with Crippen LogP contribution in [0.2, 0.25) is 5.02 Å². The molecule has 27 heavy (non-hydrogen) atoms. The van der Waals surface area contributed by atoms with Gasteiger partial charge in [0.15, 0.2) is 0 Å². The van der Waals surface area contributed by atoms with Crippen LogP contribution in [0, 0.1) is 0 Å². The third kappa shape index (κ3) is 3.97. The Morgan fingerprint density at radius 3 is 2.85 bits per heavy atom. The molecule has 0 saturated carbocycles. The Kier molecular flexibility index (Phi) is 5.09. The summed E-state index contributed by atoms with van der Waals surface area (Å²) in [4.78, 5) is 14.4. The van der Waals surface area contributed by atoms with E-state index in [-0.39, 0.29) is 5.91 Å². The number of carbonyl (C=O) groups is 1. The molecule has 7 heteroatoms. The lowest BCUT2D eigenvalue weighted by Gasteiger charge is -2.29. The SMILES string of the molecule is O=C(/C=C/c1n[nH]c2ccccc12)Nc1ccc(N2CCOCC2)c(Cl)c1. The minimum atomic E-state index is -0.239. The second-order valence-electron chi connectivity index (χ2n) is 6.24. The lowest BCUT2D eigenvalue weighted by atomic mass is 10.2. The molecule has 0 spiro atoms. The summed E-state index contributed by atoms with van der Waals surface area (Å²) < 4.78 is 5.37. The predicted molar refractivity (Wildman–Crippen MR) is 108 cm³/mol. The molecule has 1 aliphatic heterocycles. The van der Waals surface area contributed by atoms with E-state index in [9.17, 15) is 4.79 Å². The Bertz CT molecular complexity index is 993. The zero-order valence-electron chi connectivity index (χ0n) is 14.6. The number of anilines is 2. The lowest BCUT2D eigenvalue weighted by molar-refractivity contribution is -0.111. The summed E-state index contributed by atoms with van der Waals surface area (Å²) in [6, 6.07) is 13.3. The van der Waals surface area contributed by atoms with Gasteiger partial charge in [0.25, 0.3) is 0 Å². The minimum absolute atomic E-state index is 0.239. The molecular weight excluding hydrogens is 364 g/mol. The van der Waals surface area contributed by atoms with Gasteiger partial charge in [0.2, 0.25) is 5.91 Å². The van der Waals surface area contributed by atoms with Crippen molar-refractivity contribution in [3.8, 4) is 0 Å². The van der Waals surface area contributed by atoms with Gasteiger partial charge in [-0.15, -0.1) is 0 Å². The van der Waals surface area contributed by atoms with E-state index < -0.39 is 0 Å². The summed E-state index contributed by atoms with van der Waals surface area (Å²) in [6.07, 6.45) is 3.16. The molecule has 2 aromatic carbocycles. The Labute approximate surface area is 161 Å². The van der Waals surface area contributed by atoms with Crippen molar-refractivity contribution in [2.75, 3.05) is 36.5 Å². The Morgan fingerprint density at radius 1 is 1.22 bits per heavy atom. The molecule has 2 heterocycles. The molecule has 1 saturated heterocycles. The van der Waals surface area contributed by atoms with E-state index in [0.29, 0.717) is 23.9 Å². The van der Waals surface area contributed by atoms with Crippen LogP contribution < -0.4 is 10.2 Å². The highest BCUT2D eigenvalue weighted by molar-refractivity contribution is 6.33. The van der Waals surface area contributed by atoms with E-state index in [0.717, 1.165) is 35.4 Å². The van der Waals surface area contributed by atoms with Crippen LogP contribution in [0.4, 0.5) is 11.4 Å². The van der Waals surface area contributed by atoms with Crippen LogP contribution >= 0.6 is 11.6 Å². The number of morpholine rings is 1. The number of H-pyrrole nitrogens is 1. The monoisotopic (exact) mass is 382 g/mol. The number of halogens is 1. The number of carbonyl (C=O) groups excluding carboxylic acids is 1. The summed E-state index contributed by atoms with van der Waals surface area (Å²) >= 11 is 6.40. The lowest BCUT2D eigenvalue weighted by Crippen LogP contribution is -2.36. The van der Waals surface area contributed by atoms with Crippen LogP contribution in [-0.4, -0.2) is 42.4 Å². The van der Waals surface area contributed by atoms with Gasteiger partial charge in [-0.3, -0.25) is 9.89 Å². The van der Waals surface area contributed by atoms with E-state index in [1.807, 2.05) is 36.4 Å². The first kappa shape index (κ1) is 17.6. The van der Waals surface area contributed by atoms with Gasteiger partial charge < -0.3 is 15.0 Å². The van der Waals surface area contributed by atoms with Crippen LogP contribution in [-0.2, 0) is 9.53 Å². The smallest absolute Gasteiger partial charge is 0.248 e. The summed E-state index contributed by atoms with van der Waals surface area (Å²) in [5, 5.41) is 11.6. The van der Waals surface area contributed by atoms with Crippen molar-refractivity contribution in [2.24, 2.45) is 0 Å². The molecule has 0 bridgehead atoms. The second kappa shape index (κ2) is 7.82. The van der Waals surface area contributed by atoms with Crippen LogP contribution in [0.5, 0.6) is 0 Å². The second-order valence-corrected chi connectivity index (χ2v) is 6.65. The van der Waals surface area contributed by atoms with Gasteiger partial charge in [0, 0.05) is 30.2 Å². The molecular formula is C20H19ClN4O2. The average molecular weight is 383 g/mol. The van der Waals surface area contributed by atoms with Gasteiger partial charge in [-0.1, -0.05) is 29.8 Å². The van der Waals surface area contributed by atoms with Gasteiger partial charge in [-0.05, 0) is 30.3 Å². The van der Waals surface area contributed by atoms with E-state index in [4.69, 9.17) is 16.3 Å². The molecule has 1 aromatic heterocycles. The van der Waals surface area contributed by atoms with Gasteiger partial charge >= 0.3 is 0 Å². The number of amides is 1. The zero-order valence-corrected chi connectivity index (χ0v) is 15.4. The number of benzene rings is 2. The standard InChI is InChI=1S/C20H19ClN4O2/c21-16-13-14(5-7-19(16)25-9-11-27-12-10-25)22-20(26)8-6-18-15-3-1-2-4-17(15)23-24-18/h1-8,13H,9-12H2,(H,22,26)(H,23,24)/b8-6+. The molecule has 138 valence electrons. The molecule has 4 rings (SSSR count). The van der Waals surface area contributed by atoms with Crippen molar-refractivity contribution < 1.29 is 9.53 Å². The number of nitrogens with zero attached hydrogens (tertiary/aromatic N) is 2. The quantitative estimate of drug-likeness (QED) is 0.675. The topological polar surface area (TPSA) is 70.2 Å². The van der Waals surface area contributed by atoms with E-state index in [1.165, 1.54) is 6.08 Å². The Morgan fingerprint density at radius 2 is 2.04 bits per heavy atom. The highest BCUT2D eigenvalue weighted by atomic mass is 35.5. The van der Waals surface area contributed by atoms with Crippen molar-refractivity contribution in [3.63, 3.8) is 0 Å². The number of ether oxygens (including phenoxy) is 1. The van der Waals surface area contributed by atoms with Crippen LogP contribution in [0.3, 0.4) is 0 Å². The molecule has 6 nitrogen and oxygen atoms in total. The summed E-state index contributed by atoms with van der Waals surface area (Å²) in [6.45, 7) is 3.01. The van der Waals surface area contributed by atoms with Crippen LogP contribution in [0.1, 0.15) is 5.69 Å². The molecule has 1 amide bonds. The van der Waals surface area contributed by atoms with Crippen molar-refractivity contribution in [3.05, 3.63) is 59.3 Å². The first-order valence-electron chi connectivity index (χ1n) is 8.75. The predicted octanol–water partition coefficient (Wildman–Crippen LogP) is 3.70. The van der Waals surface area contributed by atoms with Gasteiger partial charge in [-0.2, -0.15) is 5.10 Å². The number of fused-ring (bicyclic) bond motifs is 1. The fourth-order valence-electron chi connectivity index (χ4n) is 3.10. The third-order valence-electron chi connectivity index (χ3n) is 4.46. The van der Waals surface area contributed by atoms with Gasteiger partial charge in [0.05, 0.1) is 35.1 Å². The van der Waals surface area contributed by atoms with Crippen molar-refractivity contribution in [2.45, 2.75) is 0 Å². The highest BCUT2D eigenvalue weighted by Gasteiger charge is 2.14. The summed E-state index contributed by atoms with van der Waals surface area (Å²) in [5.74, 6) is -0.239. The maximum absolute atomic E-state index is 12.2. The number of nitrogens with one attached hydrogen (secondary N) is 2. The third-order valence-corrected chi connectivity index (χ3v) is 4.76. The van der Waals surface area contributed by atoms with E-state index in [2.05, 4.69) is 20.4 Å². The minimum Gasteiger partial charge on any atom is -0.378 e. The fourth-order valence-corrected chi connectivity index (χ4v) is 3.40. The van der Waals surface area contributed by atoms with Crippen molar-refractivity contribution in [1.82, 2.24) is 10.2 Å². The number of para-hydroxylation sites is 1. The molecule has 0 radical (unpaired) electrons. The molecule has 0 aliphatic carbocycles. The molecule has 0 unspecified atom stereocenters. The fraction of sp³-hybridized carbons (Fsp3) is 0.200. The largest absolute Gasteiger partial charge is 0.378 e. The number of aromatic nitrogens is 2.